The zero-order chi connectivity index (χ0) is 8.01. The van der Waals surface area contributed by atoms with Gasteiger partial charge in [-0.25, -0.2) is 0 Å². The van der Waals surface area contributed by atoms with E-state index >= 15 is 0 Å². The molecule has 0 amide bonds. The molecular weight excluding hydrogens is 140 g/mol. The molecule has 0 spiro atoms. The number of hydrogen-bond donors (Lipinski definition) is 1. The number of hydrogen-bond acceptors (Lipinski definition) is 2. The Hall–Kier alpha value is -0.0800. The Morgan fingerprint density at radius 3 is 2.64 bits per heavy atom. The third-order valence-electron chi connectivity index (χ3n) is 3.02. The molecule has 2 nitrogen and oxygen atoms in total. The Bertz CT molecular complexity index is 156. The van der Waals surface area contributed by atoms with Crippen LogP contribution < -0.4 is 0 Å². The predicted molar refractivity (Wildman–Crippen MR) is 42.2 cm³/mol. The summed E-state index contributed by atoms with van der Waals surface area (Å²) < 4.78 is 5.32. The van der Waals surface area contributed by atoms with E-state index in [1.54, 1.807) is 0 Å². The second kappa shape index (κ2) is 2.46. The van der Waals surface area contributed by atoms with Crippen LogP contribution in [0.3, 0.4) is 0 Å². The van der Waals surface area contributed by atoms with Gasteiger partial charge in [0.2, 0.25) is 0 Å². The number of epoxide rings is 1. The summed E-state index contributed by atoms with van der Waals surface area (Å²) >= 11 is 0. The molecule has 11 heavy (non-hydrogen) atoms. The summed E-state index contributed by atoms with van der Waals surface area (Å²) in [4.78, 5) is 0. The highest BCUT2D eigenvalue weighted by molar-refractivity contribution is 4.98. The first kappa shape index (κ1) is 7.56. The first-order chi connectivity index (χ1) is 5.18. The van der Waals surface area contributed by atoms with Gasteiger partial charge in [-0.1, -0.05) is 13.8 Å². The van der Waals surface area contributed by atoms with Crippen LogP contribution in [0.5, 0.6) is 0 Å². The Morgan fingerprint density at radius 2 is 2.09 bits per heavy atom. The molecule has 1 aliphatic carbocycles. The number of aliphatic hydroxyl groups is 1. The molecule has 4 atom stereocenters. The smallest absolute Gasteiger partial charge is 0.110 e. The second-order valence-corrected chi connectivity index (χ2v) is 4.18. The topological polar surface area (TPSA) is 32.8 Å². The van der Waals surface area contributed by atoms with Crippen LogP contribution in [0.1, 0.15) is 26.7 Å². The average Bonchev–Trinajstić information content (AvgIpc) is 2.66. The van der Waals surface area contributed by atoms with Crippen LogP contribution in [-0.2, 0) is 4.74 Å². The highest BCUT2D eigenvalue weighted by Crippen LogP contribution is 2.42. The normalized spacial score (nSPS) is 49.1. The van der Waals surface area contributed by atoms with E-state index in [2.05, 4.69) is 13.8 Å². The first-order valence-electron chi connectivity index (χ1n) is 4.52. The standard InChI is InChI=1S/C9H16O2/c1-5(2)6-3-7(10)9-8(4-6)11-9/h5-10H,3-4H2,1-2H3/t6-,7+,8-,9+/m0/s1. The number of rotatable bonds is 1. The maximum atomic E-state index is 9.51. The fourth-order valence-corrected chi connectivity index (χ4v) is 2.07. The Kier molecular flexibility index (Phi) is 1.69. The Labute approximate surface area is 67.6 Å². The van der Waals surface area contributed by atoms with Crippen LogP contribution in [0.25, 0.3) is 0 Å². The molecule has 0 aromatic heterocycles. The molecule has 1 saturated heterocycles. The van der Waals surface area contributed by atoms with Gasteiger partial charge in [0, 0.05) is 0 Å². The molecule has 2 heteroatoms. The van der Waals surface area contributed by atoms with Crippen molar-refractivity contribution in [1.82, 2.24) is 0 Å². The molecular formula is C9H16O2. The van der Waals surface area contributed by atoms with Crippen molar-refractivity contribution >= 4 is 0 Å². The van der Waals surface area contributed by atoms with Crippen LogP contribution in [0.4, 0.5) is 0 Å². The summed E-state index contributed by atoms with van der Waals surface area (Å²) in [6.45, 7) is 4.44. The van der Waals surface area contributed by atoms with E-state index < -0.39 is 0 Å². The van der Waals surface area contributed by atoms with Gasteiger partial charge in [0.25, 0.3) is 0 Å². The fraction of sp³-hybridized carbons (Fsp3) is 1.00. The van der Waals surface area contributed by atoms with Gasteiger partial charge in [0.05, 0.1) is 12.2 Å². The van der Waals surface area contributed by atoms with Crippen molar-refractivity contribution < 1.29 is 9.84 Å². The molecule has 2 rings (SSSR count). The SMILES string of the molecule is CC(C)[C@H]1C[C@@H](O)[C@H]2O[C@H]2C1. The predicted octanol–water partition coefficient (Wildman–Crippen LogP) is 1.18. The van der Waals surface area contributed by atoms with Gasteiger partial charge in [-0.3, -0.25) is 0 Å². The van der Waals surface area contributed by atoms with Crippen LogP contribution >= 0.6 is 0 Å². The van der Waals surface area contributed by atoms with E-state index in [1.165, 1.54) is 6.42 Å². The quantitative estimate of drug-likeness (QED) is 0.578. The van der Waals surface area contributed by atoms with Crippen LogP contribution in [0.2, 0.25) is 0 Å². The summed E-state index contributed by atoms with van der Waals surface area (Å²) in [7, 11) is 0. The van der Waals surface area contributed by atoms with Crippen molar-refractivity contribution in [2.45, 2.75) is 45.0 Å². The van der Waals surface area contributed by atoms with E-state index in [9.17, 15) is 5.11 Å². The Balaban J connectivity index is 1.95. The minimum absolute atomic E-state index is 0.179. The van der Waals surface area contributed by atoms with Gasteiger partial charge in [-0.15, -0.1) is 0 Å². The van der Waals surface area contributed by atoms with Gasteiger partial charge in [0.15, 0.2) is 0 Å². The van der Waals surface area contributed by atoms with E-state index in [0.717, 1.165) is 6.42 Å². The maximum Gasteiger partial charge on any atom is 0.110 e. The van der Waals surface area contributed by atoms with Gasteiger partial charge >= 0.3 is 0 Å². The number of aliphatic hydroxyl groups excluding tert-OH is 1. The molecule has 64 valence electrons. The molecule has 2 fully saturated rings. The van der Waals surface area contributed by atoms with Gasteiger partial charge < -0.3 is 9.84 Å². The number of fused-ring (bicyclic) bond motifs is 1. The van der Waals surface area contributed by atoms with Gasteiger partial charge in [-0.05, 0) is 24.7 Å². The largest absolute Gasteiger partial charge is 0.390 e. The van der Waals surface area contributed by atoms with Crippen molar-refractivity contribution in [3.8, 4) is 0 Å². The van der Waals surface area contributed by atoms with Crippen molar-refractivity contribution in [2.75, 3.05) is 0 Å². The summed E-state index contributed by atoms with van der Waals surface area (Å²) in [5, 5.41) is 9.51. The third kappa shape index (κ3) is 1.30. The minimum Gasteiger partial charge on any atom is -0.390 e. The molecule has 0 radical (unpaired) electrons. The van der Waals surface area contributed by atoms with Crippen molar-refractivity contribution in [3.05, 3.63) is 0 Å². The number of ether oxygens (including phenoxy) is 1. The van der Waals surface area contributed by atoms with E-state index in [1.807, 2.05) is 0 Å². The Morgan fingerprint density at radius 1 is 1.36 bits per heavy atom. The average molecular weight is 156 g/mol. The van der Waals surface area contributed by atoms with E-state index in [-0.39, 0.29) is 12.2 Å². The molecule has 2 aliphatic rings. The molecule has 0 unspecified atom stereocenters. The van der Waals surface area contributed by atoms with Crippen LogP contribution in [-0.4, -0.2) is 23.4 Å². The van der Waals surface area contributed by atoms with Crippen molar-refractivity contribution in [1.29, 1.82) is 0 Å². The van der Waals surface area contributed by atoms with Crippen molar-refractivity contribution in [3.63, 3.8) is 0 Å². The molecule has 0 aromatic carbocycles. The molecule has 1 aliphatic heterocycles. The van der Waals surface area contributed by atoms with Crippen LogP contribution in [0, 0.1) is 11.8 Å². The molecule has 1 heterocycles. The molecule has 1 N–H and O–H groups in total. The summed E-state index contributed by atoms with van der Waals surface area (Å²) in [5.74, 6) is 1.36. The van der Waals surface area contributed by atoms with E-state index in [0.29, 0.717) is 17.9 Å². The zero-order valence-electron chi connectivity index (χ0n) is 7.16. The summed E-state index contributed by atoms with van der Waals surface area (Å²) in [6, 6.07) is 0. The lowest BCUT2D eigenvalue weighted by atomic mass is 9.80. The lowest BCUT2D eigenvalue weighted by molar-refractivity contribution is 0.0937. The molecule has 0 aromatic rings. The van der Waals surface area contributed by atoms with Crippen molar-refractivity contribution in [2.24, 2.45) is 11.8 Å². The minimum atomic E-state index is -0.179. The lowest BCUT2D eigenvalue weighted by Gasteiger charge is -2.25. The van der Waals surface area contributed by atoms with Gasteiger partial charge in [-0.2, -0.15) is 0 Å². The fourth-order valence-electron chi connectivity index (χ4n) is 2.07. The van der Waals surface area contributed by atoms with Gasteiger partial charge in [0.1, 0.15) is 6.10 Å². The third-order valence-corrected chi connectivity index (χ3v) is 3.02. The lowest BCUT2D eigenvalue weighted by Crippen LogP contribution is -2.29. The zero-order valence-corrected chi connectivity index (χ0v) is 7.16. The molecule has 1 saturated carbocycles. The highest BCUT2D eigenvalue weighted by atomic mass is 16.6. The maximum absolute atomic E-state index is 9.51. The highest BCUT2D eigenvalue weighted by Gasteiger charge is 2.50. The summed E-state index contributed by atoms with van der Waals surface area (Å²) in [5.41, 5.74) is 0. The monoisotopic (exact) mass is 156 g/mol. The molecule has 0 bridgehead atoms. The first-order valence-corrected chi connectivity index (χ1v) is 4.52. The summed E-state index contributed by atoms with van der Waals surface area (Å²) in [6.07, 6.45) is 2.52. The second-order valence-electron chi connectivity index (χ2n) is 4.18. The van der Waals surface area contributed by atoms with E-state index in [4.69, 9.17) is 4.74 Å². The van der Waals surface area contributed by atoms with Crippen LogP contribution in [0.15, 0.2) is 0 Å².